The smallest absolute Gasteiger partial charge is 0.252 e. The molecule has 0 unspecified atom stereocenters. The zero-order valence-electron chi connectivity index (χ0n) is 11.9. The summed E-state index contributed by atoms with van der Waals surface area (Å²) < 4.78 is 0. The first-order chi connectivity index (χ1) is 10.6. The molecule has 114 valence electrons. The highest BCUT2D eigenvalue weighted by molar-refractivity contribution is 6.30. The van der Waals surface area contributed by atoms with Crippen LogP contribution in [0.4, 0.5) is 0 Å². The lowest BCUT2D eigenvalue weighted by molar-refractivity contribution is -0.120. The third-order valence-electron chi connectivity index (χ3n) is 2.93. The molecule has 22 heavy (non-hydrogen) atoms. The third-order valence-corrected chi connectivity index (χ3v) is 3.19. The molecule has 1 aromatic heterocycles. The van der Waals surface area contributed by atoms with Crippen LogP contribution in [0.2, 0.25) is 5.02 Å². The molecule has 0 spiro atoms. The van der Waals surface area contributed by atoms with Crippen molar-refractivity contribution in [2.45, 2.75) is 6.42 Å². The molecular weight excluding hydrogens is 302 g/mol. The maximum Gasteiger partial charge on any atom is 0.252 e. The minimum atomic E-state index is -0.208. The molecule has 0 saturated heterocycles. The number of nitrogens with zero attached hydrogens (tertiary/aromatic N) is 1. The predicted molar refractivity (Wildman–Crippen MR) is 84.7 cm³/mol. The fraction of sp³-hybridized carbons (Fsp3) is 0.188. The molecule has 0 aliphatic rings. The van der Waals surface area contributed by atoms with Gasteiger partial charge in [0.05, 0.1) is 12.0 Å². The largest absolute Gasteiger partial charge is 0.354 e. The van der Waals surface area contributed by atoms with Crippen LogP contribution in [0, 0.1) is 0 Å². The molecule has 0 radical (unpaired) electrons. The highest BCUT2D eigenvalue weighted by Crippen LogP contribution is 2.09. The van der Waals surface area contributed by atoms with Gasteiger partial charge in [0, 0.05) is 30.5 Å². The zero-order valence-corrected chi connectivity index (χ0v) is 12.6. The molecule has 5 nitrogen and oxygen atoms in total. The van der Waals surface area contributed by atoms with Crippen LogP contribution in [0.1, 0.15) is 15.9 Å². The number of hydrogen-bond acceptors (Lipinski definition) is 3. The topological polar surface area (TPSA) is 71.1 Å². The van der Waals surface area contributed by atoms with Gasteiger partial charge >= 0.3 is 0 Å². The van der Waals surface area contributed by atoms with E-state index in [2.05, 4.69) is 15.6 Å². The van der Waals surface area contributed by atoms with Gasteiger partial charge in [-0.05, 0) is 29.8 Å². The first-order valence-electron chi connectivity index (χ1n) is 6.84. The second kappa shape index (κ2) is 8.14. The molecule has 2 rings (SSSR count). The van der Waals surface area contributed by atoms with Gasteiger partial charge in [-0.3, -0.25) is 14.6 Å². The SMILES string of the molecule is O=C(Cc1ccc(Cl)cc1)NCCNC(=O)c1cccnc1. The first-order valence-corrected chi connectivity index (χ1v) is 7.22. The Morgan fingerprint density at radius 2 is 1.77 bits per heavy atom. The van der Waals surface area contributed by atoms with Crippen LogP contribution in [0.15, 0.2) is 48.8 Å². The van der Waals surface area contributed by atoms with E-state index in [1.165, 1.54) is 6.20 Å². The van der Waals surface area contributed by atoms with E-state index in [1.54, 1.807) is 30.5 Å². The second-order valence-corrected chi connectivity index (χ2v) is 5.09. The molecule has 0 atom stereocenters. The average molecular weight is 318 g/mol. The Morgan fingerprint density at radius 3 is 2.45 bits per heavy atom. The summed E-state index contributed by atoms with van der Waals surface area (Å²) in [6.45, 7) is 0.735. The lowest BCUT2D eigenvalue weighted by Gasteiger charge is -2.07. The maximum absolute atomic E-state index is 11.7. The maximum atomic E-state index is 11.7. The number of carbonyl (C=O) groups is 2. The monoisotopic (exact) mass is 317 g/mol. The fourth-order valence-corrected chi connectivity index (χ4v) is 1.95. The molecular formula is C16H16ClN3O2. The third kappa shape index (κ3) is 5.18. The van der Waals surface area contributed by atoms with Crippen molar-refractivity contribution < 1.29 is 9.59 Å². The van der Waals surface area contributed by atoms with E-state index < -0.39 is 0 Å². The quantitative estimate of drug-likeness (QED) is 0.798. The van der Waals surface area contributed by atoms with Gasteiger partial charge in [0.15, 0.2) is 0 Å². The molecule has 1 heterocycles. The number of aromatic nitrogens is 1. The Kier molecular flexibility index (Phi) is 5.91. The molecule has 0 saturated carbocycles. The van der Waals surface area contributed by atoms with Crippen LogP contribution in [-0.4, -0.2) is 29.9 Å². The lowest BCUT2D eigenvalue weighted by atomic mass is 10.1. The van der Waals surface area contributed by atoms with Crippen molar-refractivity contribution in [3.8, 4) is 0 Å². The Labute approximate surface area is 133 Å². The summed E-state index contributed by atoms with van der Waals surface area (Å²) in [5, 5.41) is 6.11. The van der Waals surface area contributed by atoms with Gasteiger partial charge in [-0.1, -0.05) is 23.7 Å². The lowest BCUT2D eigenvalue weighted by Crippen LogP contribution is -2.35. The standard InChI is InChI=1S/C16H16ClN3O2/c17-14-5-3-12(4-6-14)10-15(21)19-8-9-20-16(22)13-2-1-7-18-11-13/h1-7,11H,8-10H2,(H,19,21)(H,20,22). The Bertz CT molecular complexity index is 630. The molecule has 0 bridgehead atoms. The molecule has 0 fully saturated rings. The summed E-state index contributed by atoms with van der Waals surface area (Å²) in [6.07, 6.45) is 3.38. The van der Waals surface area contributed by atoms with Crippen molar-refractivity contribution >= 4 is 23.4 Å². The highest BCUT2D eigenvalue weighted by atomic mass is 35.5. The Hall–Kier alpha value is -2.40. The van der Waals surface area contributed by atoms with E-state index in [9.17, 15) is 9.59 Å². The summed E-state index contributed by atoms with van der Waals surface area (Å²) >= 11 is 5.79. The van der Waals surface area contributed by atoms with E-state index in [0.29, 0.717) is 23.7 Å². The fourth-order valence-electron chi connectivity index (χ4n) is 1.83. The van der Waals surface area contributed by atoms with Gasteiger partial charge < -0.3 is 10.6 Å². The Morgan fingerprint density at radius 1 is 1.05 bits per heavy atom. The number of amides is 2. The number of pyridine rings is 1. The van der Waals surface area contributed by atoms with Crippen molar-refractivity contribution in [2.75, 3.05) is 13.1 Å². The number of rotatable bonds is 6. The van der Waals surface area contributed by atoms with Crippen molar-refractivity contribution in [3.63, 3.8) is 0 Å². The molecule has 2 N–H and O–H groups in total. The summed E-state index contributed by atoms with van der Waals surface area (Å²) in [7, 11) is 0. The number of hydrogen-bond donors (Lipinski definition) is 2. The second-order valence-electron chi connectivity index (χ2n) is 4.65. The van der Waals surface area contributed by atoms with E-state index in [0.717, 1.165) is 5.56 Å². The molecule has 2 amide bonds. The van der Waals surface area contributed by atoms with Crippen molar-refractivity contribution in [1.82, 2.24) is 15.6 Å². The van der Waals surface area contributed by atoms with Crippen LogP contribution < -0.4 is 10.6 Å². The normalized spacial score (nSPS) is 10.0. The number of benzene rings is 1. The van der Waals surface area contributed by atoms with Crippen LogP contribution in [0.3, 0.4) is 0 Å². The van der Waals surface area contributed by atoms with Gasteiger partial charge in [0.1, 0.15) is 0 Å². The van der Waals surface area contributed by atoms with E-state index in [1.807, 2.05) is 12.1 Å². The van der Waals surface area contributed by atoms with Crippen molar-refractivity contribution in [1.29, 1.82) is 0 Å². The summed E-state index contributed by atoms with van der Waals surface area (Å²) in [4.78, 5) is 27.4. The average Bonchev–Trinajstić information content (AvgIpc) is 2.54. The zero-order chi connectivity index (χ0) is 15.8. The summed E-state index contributed by atoms with van der Waals surface area (Å²) in [5.41, 5.74) is 1.39. The summed E-state index contributed by atoms with van der Waals surface area (Å²) in [6, 6.07) is 10.5. The molecule has 1 aromatic carbocycles. The van der Waals surface area contributed by atoms with Gasteiger partial charge in [-0.25, -0.2) is 0 Å². The van der Waals surface area contributed by atoms with Gasteiger partial charge in [0.25, 0.3) is 5.91 Å². The van der Waals surface area contributed by atoms with E-state index in [-0.39, 0.29) is 18.2 Å². The van der Waals surface area contributed by atoms with Crippen molar-refractivity contribution in [2.24, 2.45) is 0 Å². The van der Waals surface area contributed by atoms with E-state index in [4.69, 9.17) is 11.6 Å². The minimum absolute atomic E-state index is 0.0991. The predicted octanol–water partition coefficient (Wildman–Crippen LogP) is 1.82. The highest BCUT2D eigenvalue weighted by Gasteiger charge is 2.05. The molecule has 0 aliphatic heterocycles. The minimum Gasteiger partial charge on any atom is -0.354 e. The first kappa shape index (κ1) is 16.0. The number of carbonyl (C=O) groups excluding carboxylic acids is 2. The molecule has 6 heteroatoms. The van der Waals surface area contributed by atoms with E-state index >= 15 is 0 Å². The van der Waals surface area contributed by atoms with Gasteiger partial charge in [0.2, 0.25) is 5.91 Å². The van der Waals surface area contributed by atoms with Crippen LogP contribution in [0.5, 0.6) is 0 Å². The van der Waals surface area contributed by atoms with Gasteiger partial charge in [-0.15, -0.1) is 0 Å². The van der Waals surface area contributed by atoms with Gasteiger partial charge in [-0.2, -0.15) is 0 Å². The molecule has 2 aromatic rings. The molecule has 0 aliphatic carbocycles. The number of halogens is 1. The van der Waals surface area contributed by atoms with Crippen LogP contribution in [0.25, 0.3) is 0 Å². The van der Waals surface area contributed by atoms with Crippen LogP contribution in [-0.2, 0) is 11.2 Å². The van der Waals surface area contributed by atoms with Crippen LogP contribution >= 0.6 is 11.6 Å². The Balaban J connectivity index is 1.67. The number of nitrogens with one attached hydrogen (secondary N) is 2. The van der Waals surface area contributed by atoms with Crippen molar-refractivity contribution in [3.05, 3.63) is 64.9 Å². The summed E-state index contributed by atoms with van der Waals surface area (Å²) in [5.74, 6) is -0.307.